The maximum Gasteiger partial charge on any atom is 0.0175 e. The van der Waals surface area contributed by atoms with E-state index in [2.05, 4.69) is 47.1 Å². The van der Waals surface area contributed by atoms with Crippen LogP contribution in [0, 0.1) is 0 Å². The van der Waals surface area contributed by atoms with Gasteiger partial charge in [0.15, 0.2) is 0 Å². The molecule has 1 unspecified atom stereocenters. The van der Waals surface area contributed by atoms with Gasteiger partial charge in [0, 0.05) is 10.5 Å². The van der Waals surface area contributed by atoms with Crippen LogP contribution in [0.1, 0.15) is 31.7 Å². The van der Waals surface area contributed by atoms with Crippen molar-refractivity contribution in [2.45, 2.75) is 38.6 Å². The van der Waals surface area contributed by atoms with Gasteiger partial charge in [-0.3, -0.25) is 0 Å². The van der Waals surface area contributed by atoms with Crippen molar-refractivity contribution < 1.29 is 0 Å². The van der Waals surface area contributed by atoms with Gasteiger partial charge in [-0.1, -0.05) is 41.4 Å². The summed E-state index contributed by atoms with van der Waals surface area (Å²) >= 11 is 3.43. The van der Waals surface area contributed by atoms with E-state index in [-0.39, 0.29) is 0 Å². The van der Waals surface area contributed by atoms with E-state index in [0.29, 0.717) is 6.04 Å². The Labute approximate surface area is 94.8 Å². The molecule has 0 amide bonds. The minimum Gasteiger partial charge on any atom is -0.328 e. The quantitative estimate of drug-likeness (QED) is 0.857. The number of rotatable bonds is 5. The average molecular weight is 256 g/mol. The number of nitrogens with two attached hydrogens (primary N) is 1. The van der Waals surface area contributed by atoms with Crippen LogP contribution in [-0.4, -0.2) is 6.04 Å². The zero-order valence-electron chi connectivity index (χ0n) is 8.67. The highest BCUT2D eigenvalue weighted by Gasteiger charge is 2.01. The number of hydrogen-bond acceptors (Lipinski definition) is 1. The van der Waals surface area contributed by atoms with Gasteiger partial charge >= 0.3 is 0 Å². The molecule has 78 valence electrons. The van der Waals surface area contributed by atoms with E-state index in [0.717, 1.165) is 23.7 Å². The molecular weight excluding hydrogens is 238 g/mol. The minimum absolute atomic E-state index is 0.364. The summed E-state index contributed by atoms with van der Waals surface area (Å²) in [7, 11) is 0. The first-order valence-electron chi connectivity index (χ1n) is 5.22. The summed E-state index contributed by atoms with van der Waals surface area (Å²) in [6.45, 7) is 2.18. The van der Waals surface area contributed by atoms with Gasteiger partial charge in [-0.25, -0.2) is 0 Å². The molecule has 0 radical (unpaired) electrons. The Morgan fingerprint density at radius 1 is 1.21 bits per heavy atom. The summed E-state index contributed by atoms with van der Waals surface area (Å²) in [6.07, 6.45) is 4.50. The first-order valence-corrected chi connectivity index (χ1v) is 6.01. The molecular formula is C12H18BrN. The van der Waals surface area contributed by atoms with Gasteiger partial charge in [-0.15, -0.1) is 0 Å². The summed E-state index contributed by atoms with van der Waals surface area (Å²) < 4.78 is 1.14. The third-order valence-electron chi connectivity index (χ3n) is 2.38. The number of halogens is 1. The third kappa shape index (κ3) is 4.25. The van der Waals surface area contributed by atoms with Gasteiger partial charge in [-0.05, 0) is 37.0 Å². The Morgan fingerprint density at radius 2 is 1.86 bits per heavy atom. The van der Waals surface area contributed by atoms with Gasteiger partial charge in [-0.2, -0.15) is 0 Å². The second kappa shape index (κ2) is 6.20. The summed E-state index contributed by atoms with van der Waals surface area (Å²) in [5.74, 6) is 0. The largest absolute Gasteiger partial charge is 0.328 e. The van der Waals surface area contributed by atoms with Crippen LogP contribution in [0.4, 0.5) is 0 Å². The first kappa shape index (κ1) is 11.7. The van der Waals surface area contributed by atoms with Gasteiger partial charge in [0.05, 0.1) is 0 Å². The Bertz CT molecular complexity index is 256. The molecule has 0 aliphatic heterocycles. The normalized spacial score (nSPS) is 12.8. The van der Waals surface area contributed by atoms with Crippen molar-refractivity contribution >= 4 is 15.9 Å². The van der Waals surface area contributed by atoms with Crippen molar-refractivity contribution in [2.24, 2.45) is 5.73 Å². The molecule has 1 atom stereocenters. The highest BCUT2D eigenvalue weighted by atomic mass is 79.9. The molecule has 0 saturated heterocycles. The molecule has 0 spiro atoms. The van der Waals surface area contributed by atoms with E-state index in [1.165, 1.54) is 12.0 Å². The number of benzene rings is 1. The maximum atomic E-state index is 5.95. The molecule has 2 N–H and O–H groups in total. The molecule has 0 aliphatic rings. The average Bonchev–Trinajstić information content (AvgIpc) is 2.17. The van der Waals surface area contributed by atoms with Crippen LogP contribution in [0.2, 0.25) is 0 Å². The van der Waals surface area contributed by atoms with E-state index in [4.69, 9.17) is 5.73 Å². The zero-order chi connectivity index (χ0) is 10.4. The molecule has 0 saturated carbocycles. The van der Waals surface area contributed by atoms with Crippen molar-refractivity contribution in [1.82, 2.24) is 0 Å². The fourth-order valence-electron chi connectivity index (χ4n) is 1.52. The second-order valence-electron chi connectivity index (χ2n) is 3.71. The monoisotopic (exact) mass is 255 g/mol. The van der Waals surface area contributed by atoms with Crippen molar-refractivity contribution in [2.75, 3.05) is 0 Å². The Kier molecular flexibility index (Phi) is 5.20. The first-order chi connectivity index (χ1) is 6.72. The van der Waals surface area contributed by atoms with E-state index < -0.39 is 0 Å². The van der Waals surface area contributed by atoms with Crippen LogP contribution in [-0.2, 0) is 6.42 Å². The van der Waals surface area contributed by atoms with Crippen LogP contribution in [0.5, 0.6) is 0 Å². The van der Waals surface area contributed by atoms with Gasteiger partial charge in [0.1, 0.15) is 0 Å². The molecule has 2 heteroatoms. The smallest absolute Gasteiger partial charge is 0.0175 e. The van der Waals surface area contributed by atoms with Crippen molar-refractivity contribution in [3.63, 3.8) is 0 Å². The van der Waals surface area contributed by atoms with Crippen LogP contribution in [0.15, 0.2) is 28.7 Å². The van der Waals surface area contributed by atoms with Crippen molar-refractivity contribution in [3.05, 3.63) is 34.3 Å². The molecule has 0 fully saturated rings. The third-order valence-corrected chi connectivity index (χ3v) is 2.91. The molecule has 14 heavy (non-hydrogen) atoms. The van der Waals surface area contributed by atoms with Crippen LogP contribution < -0.4 is 5.73 Å². The molecule has 1 nitrogen and oxygen atoms in total. The summed E-state index contributed by atoms with van der Waals surface area (Å²) in [5.41, 5.74) is 7.33. The highest BCUT2D eigenvalue weighted by Crippen LogP contribution is 2.12. The van der Waals surface area contributed by atoms with E-state index in [1.807, 2.05) is 0 Å². The molecule has 0 aliphatic carbocycles. The lowest BCUT2D eigenvalue weighted by molar-refractivity contribution is 0.561. The van der Waals surface area contributed by atoms with Crippen molar-refractivity contribution in [3.8, 4) is 0 Å². The van der Waals surface area contributed by atoms with Crippen LogP contribution in [0.3, 0.4) is 0 Å². The number of aryl methyl sites for hydroxylation is 1. The molecule has 0 bridgehead atoms. The standard InChI is InChI=1S/C12H18BrN/c1-2-3-12(14)9-6-10-4-7-11(13)8-5-10/h4-5,7-8,12H,2-3,6,9,14H2,1H3. The Hall–Kier alpha value is -0.340. The van der Waals surface area contributed by atoms with Gasteiger partial charge in [0.25, 0.3) is 0 Å². The summed E-state index contributed by atoms with van der Waals surface area (Å²) in [5, 5.41) is 0. The maximum absolute atomic E-state index is 5.95. The SMILES string of the molecule is CCCC(N)CCc1ccc(Br)cc1. The second-order valence-corrected chi connectivity index (χ2v) is 4.63. The minimum atomic E-state index is 0.364. The summed E-state index contributed by atoms with van der Waals surface area (Å²) in [4.78, 5) is 0. The lowest BCUT2D eigenvalue weighted by Gasteiger charge is -2.09. The molecule has 0 aromatic heterocycles. The van der Waals surface area contributed by atoms with Gasteiger partial charge < -0.3 is 5.73 Å². The van der Waals surface area contributed by atoms with Crippen LogP contribution in [0.25, 0.3) is 0 Å². The lowest BCUT2D eigenvalue weighted by Crippen LogP contribution is -2.20. The Morgan fingerprint density at radius 3 is 2.43 bits per heavy atom. The lowest BCUT2D eigenvalue weighted by atomic mass is 10.0. The van der Waals surface area contributed by atoms with E-state index in [1.54, 1.807) is 0 Å². The fraction of sp³-hybridized carbons (Fsp3) is 0.500. The Balaban J connectivity index is 2.34. The molecule has 1 rings (SSSR count). The zero-order valence-corrected chi connectivity index (χ0v) is 10.3. The highest BCUT2D eigenvalue weighted by molar-refractivity contribution is 9.10. The topological polar surface area (TPSA) is 26.0 Å². The molecule has 1 aromatic rings. The van der Waals surface area contributed by atoms with Gasteiger partial charge in [0.2, 0.25) is 0 Å². The van der Waals surface area contributed by atoms with E-state index >= 15 is 0 Å². The predicted octanol–water partition coefficient (Wildman–Crippen LogP) is 3.51. The predicted molar refractivity (Wildman–Crippen MR) is 65.3 cm³/mol. The molecule has 1 aromatic carbocycles. The fourth-order valence-corrected chi connectivity index (χ4v) is 1.78. The van der Waals surface area contributed by atoms with Crippen molar-refractivity contribution in [1.29, 1.82) is 0 Å². The summed E-state index contributed by atoms with van der Waals surface area (Å²) in [6, 6.07) is 8.84. The number of hydrogen-bond donors (Lipinski definition) is 1. The molecule has 0 heterocycles. The van der Waals surface area contributed by atoms with E-state index in [9.17, 15) is 0 Å². The van der Waals surface area contributed by atoms with Crippen LogP contribution >= 0.6 is 15.9 Å².